The number of amides is 2. The van der Waals surface area contributed by atoms with Crippen molar-refractivity contribution in [3.63, 3.8) is 0 Å². The minimum atomic E-state index is -0.289. The van der Waals surface area contributed by atoms with Gasteiger partial charge in [-0.05, 0) is 42.9 Å². The predicted octanol–water partition coefficient (Wildman–Crippen LogP) is 2.62. The predicted molar refractivity (Wildman–Crippen MR) is 114 cm³/mol. The third kappa shape index (κ3) is 6.75. The second-order valence-corrected chi connectivity index (χ2v) is 8.74. The minimum Gasteiger partial charge on any atom is -0.484 e. The Hall–Kier alpha value is -2.57. The number of ether oxygens (including phenoxy) is 2. The molecule has 1 aliphatic heterocycles. The molecule has 0 saturated carbocycles. The molecule has 0 bridgehead atoms. The monoisotopic (exact) mass is 418 g/mol. The first-order valence-electron chi connectivity index (χ1n) is 10.5. The van der Waals surface area contributed by atoms with Crippen molar-refractivity contribution in [1.29, 1.82) is 0 Å². The molecule has 1 unspecified atom stereocenters. The summed E-state index contributed by atoms with van der Waals surface area (Å²) in [6.45, 7) is 9.26. The van der Waals surface area contributed by atoms with Crippen molar-refractivity contribution in [1.82, 2.24) is 9.80 Å². The van der Waals surface area contributed by atoms with Crippen molar-refractivity contribution in [3.8, 4) is 5.75 Å². The minimum absolute atomic E-state index is 0.0410. The lowest BCUT2D eigenvalue weighted by Crippen LogP contribution is -2.47. The van der Waals surface area contributed by atoms with Crippen LogP contribution < -0.4 is 4.74 Å². The molecule has 1 fully saturated rings. The first-order valence-corrected chi connectivity index (χ1v) is 10.5. The highest BCUT2D eigenvalue weighted by molar-refractivity contribution is 5.85. The van der Waals surface area contributed by atoms with E-state index in [9.17, 15) is 14.4 Å². The Morgan fingerprint density at radius 1 is 1.17 bits per heavy atom. The number of piperidine rings is 1. The molecular formula is C23H34N2O5. The van der Waals surface area contributed by atoms with Gasteiger partial charge in [-0.2, -0.15) is 0 Å². The first kappa shape index (κ1) is 23.7. The fraction of sp³-hybridized carbons (Fsp3) is 0.609. The van der Waals surface area contributed by atoms with E-state index in [1.54, 1.807) is 18.9 Å². The van der Waals surface area contributed by atoms with Gasteiger partial charge in [0.2, 0.25) is 5.91 Å². The molecule has 1 heterocycles. The molecule has 166 valence electrons. The summed E-state index contributed by atoms with van der Waals surface area (Å²) in [5.74, 6) is -0.380. The fourth-order valence-corrected chi connectivity index (χ4v) is 3.35. The summed E-state index contributed by atoms with van der Waals surface area (Å²) in [4.78, 5) is 39.9. The molecule has 0 radical (unpaired) electrons. The van der Waals surface area contributed by atoms with Gasteiger partial charge in [0.1, 0.15) is 5.75 Å². The summed E-state index contributed by atoms with van der Waals surface area (Å²) >= 11 is 0. The summed E-state index contributed by atoms with van der Waals surface area (Å²) in [5.41, 5.74) is 1.24. The van der Waals surface area contributed by atoms with Gasteiger partial charge in [-0.15, -0.1) is 0 Å². The van der Waals surface area contributed by atoms with Gasteiger partial charge in [0.15, 0.2) is 6.61 Å². The zero-order valence-corrected chi connectivity index (χ0v) is 18.8. The van der Waals surface area contributed by atoms with Crippen LogP contribution in [0.15, 0.2) is 24.3 Å². The van der Waals surface area contributed by atoms with Gasteiger partial charge in [0, 0.05) is 20.1 Å². The Balaban J connectivity index is 1.82. The van der Waals surface area contributed by atoms with Gasteiger partial charge in [0.05, 0.1) is 19.1 Å². The van der Waals surface area contributed by atoms with Gasteiger partial charge in [-0.1, -0.05) is 32.9 Å². The number of carbonyl (C=O) groups excluding carboxylic acids is 3. The number of nitrogens with zero attached hydrogens (tertiary/aromatic N) is 2. The number of benzene rings is 1. The van der Waals surface area contributed by atoms with Crippen LogP contribution in [0.5, 0.6) is 5.75 Å². The van der Waals surface area contributed by atoms with Crippen LogP contribution >= 0.6 is 0 Å². The number of carbonyl (C=O) groups is 3. The molecule has 30 heavy (non-hydrogen) atoms. The largest absolute Gasteiger partial charge is 0.484 e. The maximum absolute atomic E-state index is 12.6. The average Bonchev–Trinajstić information content (AvgIpc) is 2.71. The van der Waals surface area contributed by atoms with Crippen molar-refractivity contribution in [2.24, 2.45) is 5.92 Å². The van der Waals surface area contributed by atoms with Crippen LogP contribution in [0.25, 0.3) is 0 Å². The first-order chi connectivity index (χ1) is 14.1. The maximum atomic E-state index is 12.6. The van der Waals surface area contributed by atoms with Crippen LogP contribution in [0, 0.1) is 5.92 Å². The van der Waals surface area contributed by atoms with Gasteiger partial charge in [0.25, 0.3) is 5.91 Å². The Kier molecular flexibility index (Phi) is 8.26. The van der Waals surface area contributed by atoms with Crippen molar-refractivity contribution in [2.45, 2.75) is 46.0 Å². The van der Waals surface area contributed by atoms with Crippen LogP contribution in [-0.4, -0.2) is 67.5 Å². The molecule has 1 aromatic carbocycles. The van der Waals surface area contributed by atoms with E-state index in [4.69, 9.17) is 9.47 Å². The van der Waals surface area contributed by atoms with Crippen LogP contribution in [0.1, 0.15) is 46.1 Å². The van der Waals surface area contributed by atoms with E-state index in [1.165, 1.54) is 10.5 Å². The van der Waals surface area contributed by atoms with Gasteiger partial charge in [-0.25, -0.2) is 0 Å². The molecule has 2 amide bonds. The molecular weight excluding hydrogens is 384 g/mol. The third-order valence-corrected chi connectivity index (χ3v) is 5.27. The SMILES string of the molecule is CCOC(=O)C1CCCN(C(=O)CN(C)C(=O)COc2ccc(C(C)(C)C)cc2)C1. The molecule has 7 heteroatoms. The van der Waals surface area contributed by atoms with E-state index in [2.05, 4.69) is 20.8 Å². The van der Waals surface area contributed by atoms with Crippen molar-refractivity contribution < 1.29 is 23.9 Å². The number of likely N-dealkylation sites (tertiary alicyclic amines) is 1. The van der Waals surface area contributed by atoms with Crippen molar-refractivity contribution in [3.05, 3.63) is 29.8 Å². The lowest BCUT2D eigenvalue weighted by molar-refractivity contribution is -0.152. The second-order valence-electron chi connectivity index (χ2n) is 8.74. The van der Waals surface area contributed by atoms with E-state index >= 15 is 0 Å². The van der Waals surface area contributed by atoms with Crippen LogP contribution in [0.4, 0.5) is 0 Å². The topological polar surface area (TPSA) is 76.2 Å². The smallest absolute Gasteiger partial charge is 0.310 e. The standard InChI is InChI=1S/C23H34N2O5/c1-6-29-22(28)17-8-7-13-25(14-17)20(26)15-24(5)21(27)16-30-19-11-9-18(10-12-19)23(2,3)4/h9-12,17H,6-8,13-16H2,1-5H3. The highest BCUT2D eigenvalue weighted by Crippen LogP contribution is 2.24. The number of rotatable bonds is 7. The van der Waals surface area contributed by atoms with E-state index in [0.717, 1.165) is 12.8 Å². The zero-order chi connectivity index (χ0) is 22.3. The molecule has 1 aromatic rings. The number of likely N-dealkylation sites (N-methyl/N-ethyl adjacent to an activating group) is 1. The third-order valence-electron chi connectivity index (χ3n) is 5.27. The summed E-state index contributed by atoms with van der Waals surface area (Å²) in [7, 11) is 1.58. The van der Waals surface area contributed by atoms with Crippen molar-refractivity contribution >= 4 is 17.8 Å². The molecule has 0 N–H and O–H groups in total. The fourth-order valence-electron chi connectivity index (χ4n) is 3.35. The Bertz CT molecular complexity index is 739. The molecule has 1 atom stereocenters. The molecule has 0 spiro atoms. The van der Waals surface area contributed by atoms with Crippen LogP contribution in [0.3, 0.4) is 0 Å². The summed E-state index contributed by atoms with van der Waals surface area (Å²) in [6, 6.07) is 7.68. The van der Waals surface area contributed by atoms with Gasteiger partial charge < -0.3 is 19.3 Å². The highest BCUT2D eigenvalue weighted by Gasteiger charge is 2.30. The van der Waals surface area contributed by atoms with E-state index in [-0.39, 0.29) is 42.3 Å². The summed E-state index contributed by atoms with van der Waals surface area (Å²) in [6.07, 6.45) is 1.47. The normalized spacial score (nSPS) is 16.7. The number of hydrogen-bond acceptors (Lipinski definition) is 5. The molecule has 1 aliphatic rings. The molecule has 1 saturated heterocycles. The lowest BCUT2D eigenvalue weighted by Gasteiger charge is -2.32. The average molecular weight is 419 g/mol. The van der Waals surface area contributed by atoms with Gasteiger partial charge in [-0.3, -0.25) is 14.4 Å². The molecule has 0 aromatic heterocycles. The number of esters is 1. The Morgan fingerprint density at radius 2 is 1.83 bits per heavy atom. The summed E-state index contributed by atoms with van der Waals surface area (Å²) < 4.78 is 10.7. The van der Waals surface area contributed by atoms with E-state index in [1.807, 2.05) is 24.3 Å². The van der Waals surface area contributed by atoms with Crippen LogP contribution in [0.2, 0.25) is 0 Å². The molecule has 0 aliphatic carbocycles. The highest BCUT2D eigenvalue weighted by atomic mass is 16.5. The molecule has 7 nitrogen and oxygen atoms in total. The van der Waals surface area contributed by atoms with Gasteiger partial charge >= 0.3 is 5.97 Å². The van der Waals surface area contributed by atoms with E-state index < -0.39 is 0 Å². The maximum Gasteiger partial charge on any atom is 0.310 e. The molecule has 2 rings (SSSR count). The summed E-state index contributed by atoms with van der Waals surface area (Å²) in [5, 5.41) is 0. The Labute approximate surface area is 179 Å². The Morgan fingerprint density at radius 3 is 2.43 bits per heavy atom. The zero-order valence-electron chi connectivity index (χ0n) is 18.8. The van der Waals surface area contributed by atoms with Crippen LogP contribution in [-0.2, 0) is 24.5 Å². The van der Waals surface area contributed by atoms with E-state index in [0.29, 0.717) is 25.4 Å². The number of hydrogen-bond donors (Lipinski definition) is 0. The quantitative estimate of drug-likeness (QED) is 0.636. The second kappa shape index (κ2) is 10.5. The lowest BCUT2D eigenvalue weighted by atomic mass is 9.87. The van der Waals surface area contributed by atoms with Crippen molar-refractivity contribution in [2.75, 3.05) is 39.9 Å².